The lowest BCUT2D eigenvalue weighted by atomic mass is 9.54. The summed E-state index contributed by atoms with van der Waals surface area (Å²) < 4.78 is 38.3. The molecule has 0 saturated carbocycles. The number of rotatable bonds is 4. The van der Waals surface area contributed by atoms with Crippen molar-refractivity contribution in [1.29, 1.82) is 0 Å². The highest BCUT2D eigenvalue weighted by molar-refractivity contribution is 5.85. The summed E-state index contributed by atoms with van der Waals surface area (Å²) in [5, 5.41) is 2.17. The van der Waals surface area contributed by atoms with Crippen LogP contribution >= 0.6 is 12.4 Å². The van der Waals surface area contributed by atoms with Crippen LogP contribution in [0.1, 0.15) is 60.7 Å². The maximum absolute atomic E-state index is 8.14. The minimum absolute atomic E-state index is 0. The van der Waals surface area contributed by atoms with Gasteiger partial charge in [-0.25, -0.2) is 0 Å². The second-order valence-electron chi connectivity index (χ2n) is 6.15. The maximum Gasteiger partial charge on any atom is 0.0428 e. The quantitative estimate of drug-likeness (QED) is 0.866. The largest absolute Gasteiger partial charge is 0.320 e. The molecule has 3 aliphatic rings. The van der Waals surface area contributed by atoms with Crippen LogP contribution in [0.25, 0.3) is 0 Å². The van der Waals surface area contributed by atoms with Crippen LogP contribution in [-0.2, 0) is 5.41 Å². The van der Waals surface area contributed by atoms with E-state index in [1.54, 1.807) is 0 Å². The molecule has 116 valence electrons. The van der Waals surface area contributed by atoms with Crippen LogP contribution < -0.4 is 5.32 Å². The molecule has 0 aliphatic heterocycles. The van der Waals surface area contributed by atoms with Gasteiger partial charge in [-0.15, -0.1) is 12.4 Å². The number of nitrogens with one attached hydrogen (secondary N) is 1. The molecule has 2 bridgehead atoms. The van der Waals surface area contributed by atoms with Crippen molar-refractivity contribution in [1.82, 2.24) is 5.32 Å². The Hall–Kier alpha value is -1.31. The van der Waals surface area contributed by atoms with Crippen LogP contribution in [0.3, 0.4) is 0 Å². The van der Waals surface area contributed by atoms with Gasteiger partial charge >= 0.3 is 0 Å². The summed E-state index contributed by atoms with van der Waals surface area (Å²) in [5.41, 5.74) is 5.05. The summed E-state index contributed by atoms with van der Waals surface area (Å²) in [7, 11) is 0. The van der Waals surface area contributed by atoms with E-state index in [2.05, 4.69) is 53.8 Å². The molecule has 0 saturated heterocycles. The molecule has 0 heterocycles. The molecule has 0 aromatic heterocycles. The lowest BCUT2D eigenvalue weighted by Crippen LogP contribution is -2.40. The Morgan fingerprint density at radius 3 is 2.41 bits per heavy atom. The van der Waals surface area contributed by atoms with E-state index in [1.807, 2.05) is 0 Å². The molecule has 22 heavy (non-hydrogen) atoms. The predicted octanol–water partition coefficient (Wildman–Crippen LogP) is 4.63. The zero-order chi connectivity index (χ0) is 18.6. The molecule has 3 aliphatic carbocycles. The van der Waals surface area contributed by atoms with Crippen LogP contribution in [0.4, 0.5) is 0 Å². The maximum atomic E-state index is 8.14. The second kappa shape index (κ2) is 6.06. The first-order chi connectivity index (χ1) is 12.2. The van der Waals surface area contributed by atoms with Crippen molar-refractivity contribution in [2.24, 2.45) is 0 Å². The minimum atomic E-state index is -2.48. The Kier molecular flexibility index (Phi) is 2.88. The molecule has 0 amide bonds. The van der Waals surface area contributed by atoms with E-state index in [4.69, 9.17) is 6.85 Å². The smallest absolute Gasteiger partial charge is 0.0428 e. The fraction of sp³-hybridized carbons (Fsp3) is 0.400. The lowest BCUT2D eigenvalue weighted by Gasteiger charge is -2.50. The molecular weight excluding hydrogens is 290 g/mol. The number of fused-ring (bicyclic) bond motifs is 1. The summed E-state index contributed by atoms with van der Waals surface area (Å²) >= 11 is 0. The highest BCUT2D eigenvalue weighted by Crippen LogP contribution is 2.57. The molecule has 2 aromatic carbocycles. The Morgan fingerprint density at radius 2 is 1.77 bits per heavy atom. The van der Waals surface area contributed by atoms with Gasteiger partial charge in [0.1, 0.15) is 0 Å². The van der Waals surface area contributed by atoms with Crippen molar-refractivity contribution in [3.05, 3.63) is 70.8 Å². The van der Waals surface area contributed by atoms with Crippen LogP contribution in [0, 0.1) is 0 Å². The van der Waals surface area contributed by atoms with E-state index < -0.39 is 13.5 Å². The van der Waals surface area contributed by atoms with Gasteiger partial charge in [-0.05, 0) is 61.4 Å². The van der Waals surface area contributed by atoms with E-state index in [9.17, 15) is 0 Å². The summed E-state index contributed by atoms with van der Waals surface area (Å²) in [5.74, 6) is 0.418. The van der Waals surface area contributed by atoms with E-state index in [1.165, 1.54) is 22.3 Å². The summed E-state index contributed by atoms with van der Waals surface area (Å²) in [6, 6.07) is 17.0. The van der Waals surface area contributed by atoms with Gasteiger partial charge in [0.05, 0.1) is 0 Å². The molecule has 2 aromatic rings. The van der Waals surface area contributed by atoms with Crippen molar-refractivity contribution < 1.29 is 6.85 Å². The van der Waals surface area contributed by atoms with E-state index >= 15 is 0 Å². The Labute approximate surface area is 146 Å². The number of hydrogen-bond acceptors (Lipinski definition) is 1. The van der Waals surface area contributed by atoms with Crippen LogP contribution in [0.15, 0.2) is 48.5 Å². The third kappa shape index (κ3) is 2.11. The first kappa shape index (κ1) is 10.5. The molecule has 5 rings (SSSR count). The highest BCUT2D eigenvalue weighted by Gasteiger charge is 2.47. The zero-order valence-electron chi connectivity index (χ0n) is 17.4. The van der Waals surface area contributed by atoms with Crippen molar-refractivity contribution in [2.45, 2.75) is 37.0 Å². The lowest BCUT2D eigenvalue weighted by molar-refractivity contribution is 0.341. The van der Waals surface area contributed by atoms with Gasteiger partial charge < -0.3 is 5.32 Å². The predicted molar refractivity (Wildman–Crippen MR) is 95.1 cm³/mol. The molecule has 0 unspecified atom stereocenters. The second-order valence-corrected chi connectivity index (χ2v) is 6.15. The monoisotopic (exact) mass is 318 g/mol. The average Bonchev–Trinajstić information content (AvgIpc) is 2.59. The van der Waals surface area contributed by atoms with E-state index in [0.29, 0.717) is 12.3 Å². The summed E-state index contributed by atoms with van der Waals surface area (Å²) in [6.07, 6.45) is 2.78. The van der Waals surface area contributed by atoms with E-state index in [-0.39, 0.29) is 24.2 Å². The molecule has 0 radical (unpaired) electrons. The van der Waals surface area contributed by atoms with Crippen molar-refractivity contribution in [3.8, 4) is 0 Å². The third-order valence-electron chi connectivity index (χ3n) is 5.33. The number of benzene rings is 2. The average molecular weight is 319 g/mol. The minimum Gasteiger partial charge on any atom is -0.320 e. The van der Waals surface area contributed by atoms with Gasteiger partial charge in [-0.3, -0.25) is 0 Å². The van der Waals surface area contributed by atoms with Gasteiger partial charge in [0.2, 0.25) is 0 Å². The first-order valence-electron chi connectivity index (χ1n) is 10.2. The van der Waals surface area contributed by atoms with Crippen LogP contribution in [-0.4, -0.2) is 13.5 Å². The highest BCUT2D eigenvalue weighted by atomic mass is 35.5. The Morgan fingerprint density at radius 1 is 1.14 bits per heavy atom. The van der Waals surface area contributed by atoms with Gasteiger partial charge in [-0.2, -0.15) is 0 Å². The number of halogens is 1. The molecule has 0 atom stereocenters. The van der Waals surface area contributed by atoms with Gasteiger partial charge in [0, 0.05) is 18.2 Å². The van der Waals surface area contributed by atoms with Gasteiger partial charge in [0.25, 0.3) is 0 Å². The van der Waals surface area contributed by atoms with E-state index in [0.717, 1.165) is 12.8 Å². The van der Waals surface area contributed by atoms with Crippen LogP contribution in [0.5, 0.6) is 0 Å². The topological polar surface area (TPSA) is 12.0 Å². The van der Waals surface area contributed by atoms with Crippen LogP contribution in [0.2, 0.25) is 0 Å². The molecular formula is C20H24ClN. The normalized spacial score (nSPS) is 28.9. The van der Waals surface area contributed by atoms with Gasteiger partial charge in [-0.1, -0.05) is 48.5 Å². The Bertz CT molecular complexity index is 786. The molecule has 0 spiro atoms. The SMILES string of the molecule is Cl.[2H]C([2H])([2H])NC([2H])([2H])CCC12CCC(c3ccccc31)c1ccccc12. The number of hydrogen-bond donors (Lipinski definition) is 1. The first-order valence-corrected chi connectivity index (χ1v) is 7.70. The molecule has 1 N–H and O–H groups in total. The van der Waals surface area contributed by atoms with Crippen molar-refractivity contribution >= 4 is 12.4 Å². The molecule has 2 heteroatoms. The fourth-order valence-electron chi connectivity index (χ4n) is 4.49. The zero-order valence-corrected chi connectivity index (χ0v) is 13.2. The summed E-state index contributed by atoms with van der Waals surface area (Å²) in [6.45, 7) is -4.42. The Balaban J connectivity index is 0.00000210. The third-order valence-corrected chi connectivity index (χ3v) is 5.33. The van der Waals surface area contributed by atoms with Crippen molar-refractivity contribution in [2.75, 3.05) is 13.5 Å². The fourth-order valence-corrected chi connectivity index (χ4v) is 4.49. The molecule has 0 fully saturated rings. The summed E-state index contributed by atoms with van der Waals surface area (Å²) in [4.78, 5) is 0. The molecule has 1 nitrogen and oxygen atoms in total. The standard InChI is InChI=1S/C20H23N.ClH/c1-21-14-6-12-20-13-11-15(16-7-2-4-9-18(16)20)17-8-3-5-10-19(17)20;/h2-5,7-10,15,21H,6,11-14H2,1H3;1H/i1D3,14D2;. The van der Waals surface area contributed by atoms with Gasteiger partial charge in [0.15, 0.2) is 0 Å². The van der Waals surface area contributed by atoms with Crippen molar-refractivity contribution in [3.63, 3.8) is 0 Å².